The minimum absolute atomic E-state index is 0.332. The first-order valence-corrected chi connectivity index (χ1v) is 7.14. The lowest BCUT2D eigenvalue weighted by Crippen LogP contribution is -2.24. The van der Waals surface area contributed by atoms with E-state index in [9.17, 15) is 0 Å². The Kier molecular flexibility index (Phi) is 4.84. The van der Waals surface area contributed by atoms with E-state index in [1.165, 1.54) is 17.1 Å². The molecule has 1 N–H and O–H groups in total. The Hall–Kier alpha value is -1.26. The standard InChI is InChI=1S/C14H19N3S/c1-3-9-15-13(12-7-5-4-6-8-12)10-14-16-11(2)17-18-14/h4-8,13,15H,3,9-10H2,1-2H3. The summed E-state index contributed by atoms with van der Waals surface area (Å²) in [5.74, 6) is 0.873. The third-order valence-electron chi connectivity index (χ3n) is 2.79. The molecule has 3 nitrogen and oxygen atoms in total. The van der Waals surface area contributed by atoms with Crippen molar-refractivity contribution in [3.63, 3.8) is 0 Å². The average molecular weight is 261 g/mol. The average Bonchev–Trinajstić information content (AvgIpc) is 2.81. The van der Waals surface area contributed by atoms with Crippen LogP contribution in [0.15, 0.2) is 30.3 Å². The van der Waals surface area contributed by atoms with Crippen LogP contribution in [0.3, 0.4) is 0 Å². The zero-order valence-corrected chi connectivity index (χ0v) is 11.7. The van der Waals surface area contributed by atoms with Gasteiger partial charge in [0.05, 0.1) is 0 Å². The summed E-state index contributed by atoms with van der Waals surface area (Å²) >= 11 is 1.50. The van der Waals surface area contributed by atoms with Crippen LogP contribution in [0, 0.1) is 6.92 Å². The number of nitrogens with one attached hydrogen (secondary N) is 1. The van der Waals surface area contributed by atoms with Crippen molar-refractivity contribution in [3.05, 3.63) is 46.7 Å². The molecular formula is C14H19N3S. The van der Waals surface area contributed by atoms with Gasteiger partial charge < -0.3 is 5.32 Å². The lowest BCUT2D eigenvalue weighted by Gasteiger charge is -2.17. The van der Waals surface area contributed by atoms with E-state index in [1.54, 1.807) is 0 Å². The van der Waals surface area contributed by atoms with Crippen molar-refractivity contribution in [2.45, 2.75) is 32.7 Å². The molecule has 18 heavy (non-hydrogen) atoms. The molecule has 1 aromatic heterocycles. The van der Waals surface area contributed by atoms with Gasteiger partial charge in [0.2, 0.25) is 0 Å². The predicted molar refractivity (Wildman–Crippen MR) is 75.8 cm³/mol. The number of hydrogen-bond acceptors (Lipinski definition) is 4. The van der Waals surface area contributed by atoms with Crippen LogP contribution in [-0.4, -0.2) is 15.9 Å². The van der Waals surface area contributed by atoms with E-state index in [-0.39, 0.29) is 0 Å². The highest BCUT2D eigenvalue weighted by atomic mass is 32.1. The van der Waals surface area contributed by atoms with Gasteiger partial charge in [-0.2, -0.15) is 4.37 Å². The zero-order chi connectivity index (χ0) is 12.8. The SMILES string of the molecule is CCCNC(Cc1nc(C)ns1)c1ccccc1. The van der Waals surface area contributed by atoms with Crippen molar-refractivity contribution in [2.24, 2.45) is 0 Å². The van der Waals surface area contributed by atoms with E-state index >= 15 is 0 Å². The number of rotatable bonds is 6. The Labute approximate surface area is 112 Å². The molecule has 0 saturated heterocycles. The van der Waals surface area contributed by atoms with Gasteiger partial charge in [-0.15, -0.1) is 0 Å². The van der Waals surface area contributed by atoms with Gasteiger partial charge in [0.15, 0.2) is 0 Å². The quantitative estimate of drug-likeness (QED) is 0.868. The molecule has 1 atom stereocenters. The minimum atomic E-state index is 0.332. The summed E-state index contributed by atoms with van der Waals surface area (Å²) in [6.07, 6.45) is 2.05. The highest BCUT2D eigenvalue weighted by Crippen LogP contribution is 2.19. The number of hydrogen-bond donors (Lipinski definition) is 1. The molecule has 0 bridgehead atoms. The van der Waals surface area contributed by atoms with E-state index < -0.39 is 0 Å². The summed E-state index contributed by atoms with van der Waals surface area (Å²) in [6, 6.07) is 10.9. The summed E-state index contributed by atoms with van der Waals surface area (Å²) in [5.41, 5.74) is 1.32. The van der Waals surface area contributed by atoms with Crippen molar-refractivity contribution in [1.82, 2.24) is 14.7 Å². The van der Waals surface area contributed by atoms with E-state index in [2.05, 4.69) is 51.9 Å². The summed E-state index contributed by atoms with van der Waals surface area (Å²) in [7, 11) is 0. The molecule has 2 aromatic rings. The van der Waals surface area contributed by atoms with Crippen molar-refractivity contribution in [3.8, 4) is 0 Å². The third kappa shape index (κ3) is 3.62. The summed E-state index contributed by atoms with van der Waals surface area (Å²) in [6.45, 7) is 5.15. The second-order valence-corrected chi connectivity index (χ2v) is 5.19. The zero-order valence-electron chi connectivity index (χ0n) is 10.9. The number of nitrogens with zero attached hydrogens (tertiary/aromatic N) is 2. The molecule has 4 heteroatoms. The van der Waals surface area contributed by atoms with Gasteiger partial charge in [-0.3, -0.25) is 0 Å². The molecule has 0 saturated carbocycles. The van der Waals surface area contributed by atoms with Gasteiger partial charge in [0.1, 0.15) is 10.8 Å². The van der Waals surface area contributed by atoms with Crippen LogP contribution in [-0.2, 0) is 6.42 Å². The van der Waals surface area contributed by atoms with Crippen LogP contribution >= 0.6 is 11.5 Å². The molecule has 1 heterocycles. The molecule has 0 aliphatic carbocycles. The summed E-state index contributed by atoms with van der Waals surface area (Å²) < 4.78 is 4.25. The molecule has 2 rings (SSSR count). The molecule has 0 spiro atoms. The number of benzene rings is 1. The van der Waals surface area contributed by atoms with Crippen molar-refractivity contribution in [2.75, 3.05) is 6.54 Å². The van der Waals surface area contributed by atoms with Crippen molar-refractivity contribution >= 4 is 11.5 Å². The van der Waals surface area contributed by atoms with Gasteiger partial charge >= 0.3 is 0 Å². The van der Waals surface area contributed by atoms with Gasteiger partial charge in [-0.05, 0) is 37.0 Å². The van der Waals surface area contributed by atoms with Crippen molar-refractivity contribution < 1.29 is 0 Å². The number of aromatic nitrogens is 2. The Morgan fingerprint density at radius 1 is 1.28 bits per heavy atom. The van der Waals surface area contributed by atoms with Crippen LogP contribution in [0.2, 0.25) is 0 Å². The highest BCUT2D eigenvalue weighted by molar-refractivity contribution is 7.05. The van der Waals surface area contributed by atoms with E-state index in [1.807, 2.05) is 6.92 Å². The lowest BCUT2D eigenvalue weighted by molar-refractivity contribution is 0.528. The Morgan fingerprint density at radius 2 is 2.06 bits per heavy atom. The smallest absolute Gasteiger partial charge is 0.139 e. The normalized spacial score (nSPS) is 12.6. The predicted octanol–water partition coefficient (Wildman–Crippen LogP) is 3.13. The van der Waals surface area contributed by atoms with E-state index in [0.29, 0.717) is 6.04 Å². The molecule has 0 aliphatic heterocycles. The Bertz CT molecular complexity index is 467. The molecule has 0 aliphatic rings. The third-order valence-corrected chi connectivity index (χ3v) is 3.62. The fourth-order valence-corrected chi connectivity index (χ4v) is 2.60. The topological polar surface area (TPSA) is 37.8 Å². The van der Waals surface area contributed by atoms with E-state index in [4.69, 9.17) is 0 Å². The van der Waals surface area contributed by atoms with E-state index in [0.717, 1.165) is 30.2 Å². The minimum Gasteiger partial charge on any atom is -0.310 e. The first kappa shape index (κ1) is 13.2. The summed E-state index contributed by atoms with van der Waals surface area (Å²) in [4.78, 5) is 4.45. The molecule has 96 valence electrons. The van der Waals surface area contributed by atoms with Crippen LogP contribution in [0.4, 0.5) is 0 Å². The second-order valence-electron chi connectivity index (χ2n) is 4.36. The largest absolute Gasteiger partial charge is 0.310 e. The monoisotopic (exact) mass is 261 g/mol. The molecule has 0 fully saturated rings. The fraction of sp³-hybridized carbons (Fsp3) is 0.429. The molecule has 0 amide bonds. The van der Waals surface area contributed by atoms with Crippen LogP contribution < -0.4 is 5.32 Å². The van der Waals surface area contributed by atoms with Gasteiger partial charge in [0, 0.05) is 12.5 Å². The first-order chi connectivity index (χ1) is 8.79. The summed E-state index contributed by atoms with van der Waals surface area (Å²) in [5, 5.41) is 4.68. The van der Waals surface area contributed by atoms with Gasteiger partial charge in [-0.1, -0.05) is 37.3 Å². The van der Waals surface area contributed by atoms with Gasteiger partial charge in [-0.25, -0.2) is 4.98 Å². The Balaban J connectivity index is 2.10. The molecule has 0 radical (unpaired) electrons. The highest BCUT2D eigenvalue weighted by Gasteiger charge is 2.13. The second kappa shape index (κ2) is 6.61. The molecule has 1 unspecified atom stereocenters. The van der Waals surface area contributed by atoms with Crippen molar-refractivity contribution in [1.29, 1.82) is 0 Å². The Morgan fingerprint density at radius 3 is 2.67 bits per heavy atom. The first-order valence-electron chi connectivity index (χ1n) is 6.37. The maximum atomic E-state index is 4.45. The van der Waals surface area contributed by atoms with Gasteiger partial charge in [0.25, 0.3) is 0 Å². The van der Waals surface area contributed by atoms with Crippen LogP contribution in [0.5, 0.6) is 0 Å². The lowest BCUT2D eigenvalue weighted by atomic mass is 10.0. The fourth-order valence-electron chi connectivity index (χ4n) is 1.91. The number of aryl methyl sites for hydroxylation is 1. The van der Waals surface area contributed by atoms with Crippen LogP contribution in [0.1, 0.15) is 35.8 Å². The van der Waals surface area contributed by atoms with Crippen LogP contribution in [0.25, 0.3) is 0 Å². The maximum Gasteiger partial charge on any atom is 0.139 e. The molecule has 1 aromatic carbocycles. The molecular weight excluding hydrogens is 242 g/mol. The maximum absolute atomic E-state index is 4.45.